The number of benzene rings is 2. The Bertz CT molecular complexity index is 883. The zero-order chi connectivity index (χ0) is 18.9. The largest absolute Gasteiger partial charge is 0.444 e. The lowest BCUT2D eigenvalue weighted by Crippen LogP contribution is -2.37. The molecule has 0 aliphatic carbocycles. The normalized spacial score (nSPS) is 11.0. The molecule has 0 saturated heterocycles. The van der Waals surface area contributed by atoms with Crippen LogP contribution >= 0.6 is 35.6 Å². The van der Waals surface area contributed by atoms with E-state index in [-0.39, 0.29) is 24.0 Å². The summed E-state index contributed by atoms with van der Waals surface area (Å²) in [5.41, 5.74) is 2.96. The molecule has 7 heteroatoms. The molecule has 0 unspecified atom stereocenters. The lowest BCUT2D eigenvalue weighted by atomic mass is 10.1. The molecule has 0 bridgehead atoms. The second-order valence-electron chi connectivity index (χ2n) is 6.06. The smallest absolute Gasteiger partial charge is 0.226 e. The van der Waals surface area contributed by atoms with Gasteiger partial charge in [-0.25, -0.2) is 4.98 Å². The molecular weight excluding hydrogens is 487 g/mol. The van der Waals surface area contributed by atoms with E-state index < -0.39 is 0 Å². The van der Waals surface area contributed by atoms with Crippen LogP contribution in [0.15, 0.2) is 70.3 Å². The van der Waals surface area contributed by atoms with Gasteiger partial charge in [0.2, 0.25) is 5.89 Å². The van der Waals surface area contributed by atoms with Crippen molar-refractivity contribution in [2.24, 2.45) is 4.99 Å². The standard InChI is InChI=1S/C21H23ClN4O.HI/c1-23-21(24-13-7-11-16-8-5-6-12-19(16)22)25-14-18-15-27-20(26-18)17-9-3-2-4-10-17;/h2-6,8-10,12,15H,7,11,13-14H2,1H3,(H2,23,24,25);1H. The minimum absolute atomic E-state index is 0. The second kappa shape index (κ2) is 11.7. The molecular formula is C21H24ClIN4O. The lowest BCUT2D eigenvalue weighted by Gasteiger charge is -2.11. The van der Waals surface area contributed by atoms with Crippen LogP contribution in [-0.2, 0) is 13.0 Å². The molecule has 1 heterocycles. The molecule has 0 aliphatic heterocycles. The van der Waals surface area contributed by atoms with Gasteiger partial charge in [0.25, 0.3) is 0 Å². The third-order valence-electron chi connectivity index (χ3n) is 4.11. The Labute approximate surface area is 187 Å². The summed E-state index contributed by atoms with van der Waals surface area (Å²) in [5.74, 6) is 1.36. The van der Waals surface area contributed by atoms with Crippen LogP contribution in [0.4, 0.5) is 0 Å². The summed E-state index contributed by atoms with van der Waals surface area (Å²) in [4.78, 5) is 8.75. The van der Waals surface area contributed by atoms with Crippen molar-refractivity contribution in [3.63, 3.8) is 0 Å². The Kier molecular flexibility index (Phi) is 9.30. The van der Waals surface area contributed by atoms with Gasteiger partial charge in [0.1, 0.15) is 6.26 Å². The monoisotopic (exact) mass is 510 g/mol. The molecule has 0 spiro atoms. The number of aliphatic imine (C=N–C) groups is 1. The second-order valence-corrected chi connectivity index (χ2v) is 6.46. The Morgan fingerprint density at radius 2 is 1.82 bits per heavy atom. The summed E-state index contributed by atoms with van der Waals surface area (Å²) >= 11 is 6.18. The first-order valence-corrected chi connectivity index (χ1v) is 9.32. The van der Waals surface area contributed by atoms with E-state index in [0.717, 1.165) is 41.6 Å². The maximum absolute atomic E-state index is 6.18. The number of nitrogens with one attached hydrogen (secondary N) is 2. The van der Waals surface area contributed by atoms with Gasteiger partial charge in [-0.3, -0.25) is 4.99 Å². The highest BCUT2D eigenvalue weighted by Crippen LogP contribution is 2.18. The molecule has 0 atom stereocenters. The zero-order valence-electron chi connectivity index (χ0n) is 15.7. The van der Waals surface area contributed by atoms with E-state index in [9.17, 15) is 0 Å². The Balaban J connectivity index is 0.00000280. The summed E-state index contributed by atoms with van der Waals surface area (Å²) in [5, 5.41) is 7.38. The third kappa shape index (κ3) is 6.53. The van der Waals surface area contributed by atoms with Crippen molar-refractivity contribution in [3.05, 3.63) is 77.1 Å². The summed E-state index contributed by atoms with van der Waals surface area (Å²) in [6.07, 6.45) is 3.56. The molecule has 0 radical (unpaired) electrons. The van der Waals surface area contributed by atoms with E-state index in [1.54, 1.807) is 13.3 Å². The summed E-state index contributed by atoms with van der Waals surface area (Å²) in [6, 6.07) is 17.8. The summed E-state index contributed by atoms with van der Waals surface area (Å²) in [7, 11) is 1.75. The quantitative estimate of drug-likeness (QED) is 0.205. The molecule has 3 aromatic rings. The first-order valence-electron chi connectivity index (χ1n) is 8.94. The van der Waals surface area contributed by atoms with Crippen LogP contribution in [0, 0.1) is 0 Å². The van der Waals surface area contributed by atoms with E-state index in [1.165, 1.54) is 5.56 Å². The molecule has 0 amide bonds. The van der Waals surface area contributed by atoms with Gasteiger partial charge in [-0.05, 0) is 36.6 Å². The Hall–Kier alpha value is -2.06. The number of halogens is 2. The molecule has 1 aromatic heterocycles. The molecule has 28 heavy (non-hydrogen) atoms. The van der Waals surface area contributed by atoms with Crippen LogP contribution in [0.25, 0.3) is 11.5 Å². The van der Waals surface area contributed by atoms with Gasteiger partial charge in [-0.15, -0.1) is 24.0 Å². The topological polar surface area (TPSA) is 62.5 Å². The molecule has 2 N–H and O–H groups in total. The summed E-state index contributed by atoms with van der Waals surface area (Å²) in [6.45, 7) is 1.35. The van der Waals surface area contributed by atoms with Crippen molar-refractivity contribution in [1.29, 1.82) is 0 Å². The average molecular weight is 511 g/mol. The predicted octanol–water partition coefficient (Wildman–Crippen LogP) is 4.91. The minimum atomic E-state index is 0. The molecule has 5 nitrogen and oxygen atoms in total. The summed E-state index contributed by atoms with van der Waals surface area (Å²) < 4.78 is 5.55. The van der Waals surface area contributed by atoms with Gasteiger partial charge in [0.05, 0.1) is 12.2 Å². The van der Waals surface area contributed by atoms with Crippen LogP contribution in [0.2, 0.25) is 5.02 Å². The molecule has 3 rings (SSSR count). The van der Waals surface area contributed by atoms with Crippen molar-refractivity contribution in [3.8, 4) is 11.5 Å². The average Bonchev–Trinajstić information content (AvgIpc) is 3.18. The zero-order valence-corrected chi connectivity index (χ0v) is 18.8. The molecule has 2 aromatic carbocycles. The first kappa shape index (κ1) is 22.2. The van der Waals surface area contributed by atoms with Gasteiger partial charge in [0.15, 0.2) is 5.96 Å². The van der Waals surface area contributed by atoms with Crippen molar-refractivity contribution in [2.45, 2.75) is 19.4 Å². The number of oxazole rings is 1. The highest BCUT2D eigenvalue weighted by Gasteiger charge is 2.07. The van der Waals surface area contributed by atoms with Gasteiger partial charge in [-0.2, -0.15) is 0 Å². The van der Waals surface area contributed by atoms with Gasteiger partial charge >= 0.3 is 0 Å². The number of nitrogens with zero attached hydrogens (tertiary/aromatic N) is 2. The highest BCUT2D eigenvalue weighted by atomic mass is 127. The van der Waals surface area contributed by atoms with E-state index >= 15 is 0 Å². The Morgan fingerprint density at radius 1 is 1.07 bits per heavy atom. The van der Waals surface area contributed by atoms with E-state index in [4.69, 9.17) is 16.0 Å². The maximum Gasteiger partial charge on any atom is 0.226 e. The molecule has 0 saturated carbocycles. The fourth-order valence-corrected chi connectivity index (χ4v) is 2.91. The van der Waals surface area contributed by atoms with Crippen LogP contribution in [0.5, 0.6) is 0 Å². The van der Waals surface area contributed by atoms with Crippen LogP contribution < -0.4 is 10.6 Å². The van der Waals surface area contributed by atoms with Crippen LogP contribution in [0.3, 0.4) is 0 Å². The fraction of sp³-hybridized carbons (Fsp3) is 0.238. The van der Waals surface area contributed by atoms with Crippen molar-refractivity contribution >= 4 is 41.5 Å². The van der Waals surface area contributed by atoms with E-state index in [2.05, 4.69) is 26.7 Å². The highest BCUT2D eigenvalue weighted by molar-refractivity contribution is 14.0. The molecule has 0 aliphatic rings. The van der Waals surface area contributed by atoms with Crippen molar-refractivity contribution in [1.82, 2.24) is 15.6 Å². The first-order chi connectivity index (χ1) is 13.3. The number of guanidine groups is 1. The number of hydrogen-bond acceptors (Lipinski definition) is 3. The van der Waals surface area contributed by atoms with Gasteiger partial charge < -0.3 is 15.1 Å². The molecule has 0 fully saturated rings. The third-order valence-corrected chi connectivity index (χ3v) is 4.47. The van der Waals surface area contributed by atoms with Crippen LogP contribution in [0.1, 0.15) is 17.7 Å². The van der Waals surface area contributed by atoms with Crippen molar-refractivity contribution < 1.29 is 4.42 Å². The maximum atomic E-state index is 6.18. The Morgan fingerprint density at radius 3 is 2.57 bits per heavy atom. The minimum Gasteiger partial charge on any atom is -0.444 e. The van der Waals surface area contributed by atoms with E-state index in [0.29, 0.717) is 12.4 Å². The van der Waals surface area contributed by atoms with E-state index in [1.807, 2.05) is 48.5 Å². The van der Waals surface area contributed by atoms with Crippen LogP contribution in [-0.4, -0.2) is 24.5 Å². The van der Waals surface area contributed by atoms with Gasteiger partial charge in [-0.1, -0.05) is 48.0 Å². The lowest BCUT2D eigenvalue weighted by molar-refractivity contribution is 0.572. The number of rotatable bonds is 7. The fourth-order valence-electron chi connectivity index (χ4n) is 2.68. The van der Waals surface area contributed by atoms with Gasteiger partial charge in [0, 0.05) is 24.2 Å². The predicted molar refractivity (Wildman–Crippen MR) is 125 cm³/mol. The SMILES string of the molecule is CN=C(NCCCc1ccccc1Cl)NCc1coc(-c2ccccc2)n1.I. The number of aryl methyl sites for hydroxylation is 1. The number of hydrogen-bond donors (Lipinski definition) is 2. The molecule has 148 valence electrons. The van der Waals surface area contributed by atoms with Crippen molar-refractivity contribution in [2.75, 3.05) is 13.6 Å². The number of aromatic nitrogens is 1.